The van der Waals surface area contributed by atoms with E-state index in [2.05, 4.69) is 10.6 Å². The van der Waals surface area contributed by atoms with Crippen molar-refractivity contribution >= 4 is 21.6 Å². The van der Waals surface area contributed by atoms with E-state index in [0.29, 0.717) is 5.69 Å². The minimum atomic E-state index is -3.30. The Morgan fingerprint density at radius 2 is 1.79 bits per heavy atom. The van der Waals surface area contributed by atoms with E-state index in [1.54, 1.807) is 6.07 Å². The van der Waals surface area contributed by atoms with Crippen LogP contribution in [0, 0.1) is 5.82 Å². The number of anilines is 1. The fourth-order valence-corrected chi connectivity index (χ4v) is 2.64. The SMILES string of the molecule is CS(=O)(=O)c1ccc(NC(=O)NCC(O)c2ccccc2F)cc1. The highest BCUT2D eigenvalue weighted by atomic mass is 32.2. The van der Waals surface area contributed by atoms with Gasteiger partial charge in [-0.05, 0) is 30.3 Å². The van der Waals surface area contributed by atoms with Crippen LogP contribution >= 0.6 is 0 Å². The van der Waals surface area contributed by atoms with E-state index >= 15 is 0 Å². The van der Waals surface area contributed by atoms with E-state index in [-0.39, 0.29) is 17.0 Å². The Morgan fingerprint density at radius 1 is 1.17 bits per heavy atom. The summed E-state index contributed by atoms with van der Waals surface area (Å²) in [6.45, 7) is -0.172. The Labute approximate surface area is 139 Å². The molecule has 1 atom stereocenters. The average Bonchev–Trinajstić information content (AvgIpc) is 2.53. The molecule has 6 nitrogen and oxygen atoms in total. The second-order valence-electron chi connectivity index (χ2n) is 5.17. The molecule has 0 spiro atoms. The van der Waals surface area contributed by atoms with Crippen molar-refractivity contribution in [3.8, 4) is 0 Å². The first-order chi connectivity index (χ1) is 11.3. The highest BCUT2D eigenvalue weighted by Crippen LogP contribution is 2.16. The number of hydrogen-bond acceptors (Lipinski definition) is 4. The van der Waals surface area contributed by atoms with Crippen LogP contribution in [-0.2, 0) is 9.84 Å². The maximum atomic E-state index is 13.5. The van der Waals surface area contributed by atoms with Crippen LogP contribution in [-0.4, -0.2) is 32.4 Å². The molecule has 0 aliphatic heterocycles. The number of rotatable bonds is 5. The van der Waals surface area contributed by atoms with Gasteiger partial charge in [0.2, 0.25) is 0 Å². The lowest BCUT2D eigenvalue weighted by Gasteiger charge is -2.13. The van der Waals surface area contributed by atoms with Gasteiger partial charge in [-0.3, -0.25) is 0 Å². The summed E-state index contributed by atoms with van der Waals surface area (Å²) in [6, 6.07) is 10.8. The molecular weight excluding hydrogens is 335 g/mol. The van der Waals surface area contributed by atoms with E-state index < -0.39 is 27.8 Å². The number of hydrogen-bond donors (Lipinski definition) is 3. The maximum absolute atomic E-state index is 13.5. The fourth-order valence-electron chi connectivity index (χ4n) is 2.01. The van der Waals surface area contributed by atoms with Crippen molar-refractivity contribution in [3.63, 3.8) is 0 Å². The lowest BCUT2D eigenvalue weighted by Crippen LogP contribution is -2.32. The van der Waals surface area contributed by atoms with Crippen molar-refractivity contribution in [1.82, 2.24) is 5.32 Å². The molecule has 0 saturated heterocycles. The van der Waals surface area contributed by atoms with Gasteiger partial charge in [-0.25, -0.2) is 17.6 Å². The van der Waals surface area contributed by atoms with Gasteiger partial charge in [0.15, 0.2) is 9.84 Å². The third-order valence-electron chi connectivity index (χ3n) is 3.26. The number of nitrogens with one attached hydrogen (secondary N) is 2. The van der Waals surface area contributed by atoms with Crippen molar-refractivity contribution < 1.29 is 22.7 Å². The molecule has 0 fully saturated rings. The number of benzene rings is 2. The summed E-state index contributed by atoms with van der Waals surface area (Å²) in [5.41, 5.74) is 0.482. The number of carbonyl (C=O) groups is 1. The molecule has 1 unspecified atom stereocenters. The van der Waals surface area contributed by atoms with Crippen molar-refractivity contribution in [2.45, 2.75) is 11.0 Å². The van der Waals surface area contributed by atoms with Gasteiger partial charge in [-0.1, -0.05) is 18.2 Å². The van der Waals surface area contributed by atoms with Crippen molar-refractivity contribution in [3.05, 3.63) is 59.9 Å². The largest absolute Gasteiger partial charge is 0.386 e. The Bertz CT molecular complexity index is 822. The smallest absolute Gasteiger partial charge is 0.319 e. The summed E-state index contributed by atoms with van der Waals surface area (Å²) in [5.74, 6) is -0.552. The van der Waals surface area contributed by atoms with Gasteiger partial charge in [-0.2, -0.15) is 0 Å². The van der Waals surface area contributed by atoms with Gasteiger partial charge in [0, 0.05) is 24.1 Å². The van der Waals surface area contributed by atoms with Crippen LogP contribution in [0.1, 0.15) is 11.7 Å². The summed E-state index contributed by atoms with van der Waals surface area (Å²) >= 11 is 0. The lowest BCUT2D eigenvalue weighted by atomic mass is 10.1. The van der Waals surface area contributed by atoms with Gasteiger partial charge < -0.3 is 15.7 Å². The molecule has 0 aliphatic carbocycles. The molecule has 2 aromatic carbocycles. The zero-order valence-corrected chi connectivity index (χ0v) is 13.7. The first-order valence-corrected chi connectivity index (χ1v) is 8.94. The first-order valence-electron chi connectivity index (χ1n) is 7.05. The minimum absolute atomic E-state index is 0.0929. The molecule has 0 aromatic heterocycles. The third kappa shape index (κ3) is 4.77. The molecule has 24 heavy (non-hydrogen) atoms. The Balaban J connectivity index is 1.91. The van der Waals surface area contributed by atoms with Crippen molar-refractivity contribution in [2.75, 3.05) is 18.1 Å². The molecule has 8 heteroatoms. The van der Waals surface area contributed by atoms with E-state index in [0.717, 1.165) is 6.26 Å². The topological polar surface area (TPSA) is 95.5 Å². The molecule has 0 heterocycles. The van der Waals surface area contributed by atoms with E-state index in [9.17, 15) is 22.7 Å². The van der Waals surface area contributed by atoms with Gasteiger partial charge in [-0.15, -0.1) is 0 Å². The molecule has 0 saturated carbocycles. The number of urea groups is 1. The summed E-state index contributed by atoms with van der Waals surface area (Å²) < 4.78 is 36.2. The minimum Gasteiger partial charge on any atom is -0.386 e. The fraction of sp³-hybridized carbons (Fsp3) is 0.188. The summed E-state index contributed by atoms with van der Waals surface area (Å²) in [5, 5.41) is 14.8. The van der Waals surface area contributed by atoms with Crippen LogP contribution in [0.5, 0.6) is 0 Å². The number of sulfone groups is 1. The maximum Gasteiger partial charge on any atom is 0.319 e. The molecule has 0 aliphatic rings. The number of aliphatic hydroxyl groups excluding tert-OH is 1. The third-order valence-corrected chi connectivity index (χ3v) is 4.39. The molecule has 2 amide bonds. The lowest BCUT2D eigenvalue weighted by molar-refractivity contribution is 0.170. The summed E-state index contributed by atoms with van der Waals surface area (Å²) in [4.78, 5) is 11.9. The van der Waals surface area contributed by atoms with Crippen LogP contribution in [0.3, 0.4) is 0 Å². The zero-order chi connectivity index (χ0) is 17.7. The van der Waals surface area contributed by atoms with Crippen LogP contribution in [0.25, 0.3) is 0 Å². The predicted molar refractivity (Wildman–Crippen MR) is 87.9 cm³/mol. The molecule has 0 radical (unpaired) electrons. The van der Waals surface area contributed by atoms with Crippen molar-refractivity contribution in [2.24, 2.45) is 0 Å². The normalized spacial score (nSPS) is 12.5. The summed E-state index contributed by atoms with van der Waals surface area (Å²) in [7, 11) is -3.30. The van der Waals surface area contributed by atoms with E-state index in [4.69, 9.17) is 0 Å². The van der Waals surface area contributed by atoms with Crippen LogP contribution in [0.4, 0.5) is 14.9 Å². The zero-order valence-electron chi connectivity index (χ0n) is 12.9. The molecule has 128 valence electrons. The Hall–Kier alpha value is -2.45. The first kappa shape index (κ1) is 17.9. The Morgan fingerprint density at radius 3 is 2.38 bits per heavy atom. The molecule has 2 aromatic rings. The number of amides is 2. The quantitative estimate of drug-likeness (QED) is 0.768. The second kappa shape index (κ2) is 7.41. The molecule has 0 bridgehead atoms. The molecule has 2 rings (SSSR count). The van der Waals surface area contributed by atoms with Gasteiger partial charge in [0.05, 0.1) is 11.0 Å². The van der Waals surface area contributed by atoms with Crippen LogP contribution in [0.2, 0.25) is 0 Å². The highest BCUT2D eigenvalue weighted by molar-refractivity contribution is 7.90. The number of halogens is 1. The standard InChI is InChI=1S/C16H17FN2O4S/c1-24(22,23)12-8-6-11(7-9-12)19-16(21)18-10-15(20)13-4-2-3-5-14(13)17/h2-9,15,20H,10H2,1H3,(H2,18,19,21). The van der Waals surface area contributed by atoms with E-state index in [1.807, 2.05) is 0 Å². The number of carbonyl (C=O) groups excluding carboxylic acids is 1. The summed E-state index contributed by atoms with van der Waals surface area (Å²) in [6.07, 6.45) is -0.0868. The molecular formula is C16H17FN2O4S. The van der Waals surface area contributed by atoms with Crippen LogP contribution in [0.15, 0.2) is 53.4 Å². The van der Waals surface area contributed by atoms with Crippen LogP contribution < -0.4 is 10.6 Å². The predicted octanol–water partition coefficient (Wildman–Crippen LogP) is 2.08. The van der Waals surface area contributed by atoms with Crippen molar-refractivity contribution in [1.29, 1.82) is 0 Å². The van der Waals surface area contributed by atoms with Gasteiger partial charge >= 0.3 is 6.03 Å². The van der Waals surface area contributed by atoms with E-state index in [1.165, 1.54) is 42.5 Å². The average molecular weight is 352 g/mol. The molecule has 3 N–H and O–H groups in total. The second-order valence-corrected chi connectivity index (χ2v) is 7.18. The number of aliphatic hydroxyl groups is 1. The van der Waals surface area contributed by atoms with Gasteiger partial charge in [0.1, 0.15) is 5.82 Å². The monoisotopic (exact) mass is 352 g/mol. The highest BCUT2D eigenvalue weighted by Gasteiger charge is 2.13. The van der Waals surface area contributed by atoms with Gasteiger partial charge in [0.25, 0.3) is 0 Å². The Kier molecular flexibility index (Phi) is 5.53.